The molecule has 22 heavy (non-hydrogen) atoms. The average molecular weight is 320 g/mol. The average Bonchev–Trinajstić information content (AvgIpc) is 2.47. The lowest BCUT2D eigenvalue weighted by atomic mass is 10.2. The van der Waals surface area contributed by atoms with Crippen molar-refractivity contribution < 1.29 is 34.5 Å². The maximum atomic E-state index is 11.7. The summed E-state index contributed by atoms with van der Waals surface area (Å²) in [4.78, 5) is 45.1. The van der Waals surface area contributed by atoms with E-state index in [9.17, 15) is 19.2 Å². The van der Waals surface area contributed by atoms with Crippen molar-refractivity contribution in [2.75, 3.05) is 26.4 Å². The van der Waals surface area contributed by atoms with Crippen molar-refractivity contribution in [2.45, 2.75) is 18.5 Å². The Morgan fingerprint density at radius 2 is 1.50 bits per heavy atom. The van der Waals surface area contributed by atoms with Crippen LogP contribution in [0.3, 0.4) is 0 Å². The van der Waals surface area contributed by atoms with E-state index in [4.69, 9.17) is 21.1 Å². The van der Waals surface area contributed by atoms with E-state index >= 15 is 0 Å². The van der Waals surface area contributed by atoms with Crippen molar-refractivity contribution >= 4 is 23.6 Å². The van der Waals surface area contributed by atoms with Gasteiger partial charge in [-0.2, -0.15) is 0 Å². The van der Waals surface area contributed by atoms with Crippen molar-refractivity contribution in [1.29, 1.82) is 0 Å². The third-order valence-electron chi connectivity index (χ3n) is 2.46. The molecule has 126 valence electrons. The molecule has 2 atom stereocenters. The largest absolute Gasteiger partial charge is 0.396 e. The number of aliphatic hydroxyl groups is 3. The molecule has 0 rings (SSSR count). The number of aliphatic hydroxyl groups excluding tert-OH is 3. The van der Waals surface area contributed by atoms with E-state index in [0.29, 0.717) is 0 Å². The molecule has 0 saturated carbocycles. The highest BCUT2D eigenvalue weighted by Gasteiger charge is 2.24. The van der Waals surface area contributed by atoms with Crippen molar-refractivity contribution in [1.82, 2.24) is 16.0 Å². The lowest BCUT2D eigenvalue weighted by Gasteiger charge is -2.19. The Labute approximate surface area is 125 Å². The van der Waals surface area contributed by atoms with Gasteiger partial charge in [0.15, 0.2) is 0 Å². The molecule has 0 fully saturated rings. The molecule has 0 aliphatic rings. The van der Waals surface area contributed by atoms with Gasteiger partial charge in [-0.05, 0) is 0 Å². The second-order valence-electron chi connectivity index (χ2n) is 4.20. The Morgan fingerprint density at radius 1 is 0.909 bits per heavy atom. The van der Waals surface area contributed by atoms with Gasteiger partial charge in [0.25, 0.3) is 0 Å². The summed E-state index contributed by atoms with van der Waals surface area (Å²) in [7, 11) is 0. The molecule has 0 aliphatic carbocycles. The first-order valence-electron chi connectivity index (χ1n) is 6.34. The minimum absolute atomic E-state index is 0.173. The van der Waals surface area contributed by atoms with E-state index in [0.717, 1.165) is 0 Å². The van der Waals surface area contributed by atoms with E-state index in [1.54, 1.807) is 0 Å². The molecular formula is C11H20N4O7. The molecule has 11 heteroatoms. The Balaban J connectivity index is 4.39. The number of carbonyl (C=O) groups excluding carboxylic acids is 4. The number of primary amides is 1. The molecule has 8 N–H and O–H groups in total. The van der Waals surface area contributed by atoms with Crippen LogP contribution in [0.25, 0.3) is 0 Å². The first-order chi connectivity index (χ1) is 10.3. The lowest BCUT2D eigenvalue weighted by molar-refractivity contribution is -0.133. The van der Waals surface area contributed by atoms with Crippen molar-refractivity contribution in [2.24, 2.45) is 5.73 Å². The zero-order valence-corrected chi connectivity index (χ0v) is 11.7. The van der Waals surface area contributed by atoms with Gasteiger partial charge in [-0.25, -0.2) is 0 Å². The summed E-state index contributed by atoms with van der Waals surface area (Å²) in [5, 5.41) is 32.8. The van der Waals surface area contributed by atoms with Gasteiger partial charge in [0.05, 0.1) is 26.4 Å². The van der Waals surface area contributed by atoms with Gasteiger partial charge in [0, 0.05) is 6.42 Å². The second-order valence-corrected chi connectivity index (χ2v) is 4.20. The van der Waals surface area contributed by atoms with Gasteiger partial charge in [-0.15, -0.1) is 0 Å². The fraction of sp³-hybridized carbons (Fsp3) is 0.636. The third-order valence-corrected chi connectivity index (χ3v) is 2.46. The summed E-state index contributed by atoms with van der Waals surface area (Å²) in [5.41, 5.74) is 4.92. The number of hydrogen-bond donors (Lipinski definition) is 7. The van der Waals surface area contributed by atoms with Crippen LogP contribution in [0.1, 0.15) is 6.42 Å². The smallest absolute Gasteiger partial charge is 0.245 e. The highest BCUT2D eigenvalue weighted by Crippen LogP contribution is 1.88. The topological polar surface area (TPSA) is 191 Å². The van der Waals surface area contributed by atoms with E-state index in [2.05, 4.69) is 10.6 Å². The minimum atomic E-state index is -1.38. The molecule has 0 aromatic heterocycles. The first kappa shape index (κ1) is 19.8. The molecular weight excluding hydrogens is 300 g/mol. The van der Waals surface area contributed by atoms with Gasteiger partial charge < -0.3 is 37.0 Å². The molecule has 0 unspecified atom stereocenters. The SMILES string of the molecule is NC(=O)[C@H](CO)NC(=O)[C@@H](CO)NC(=O)CNC(=O)CCO. The molecule has 0 aliphatic heterocycles. The molecule has 0 radical (unpaired) electrons. The number of nitrogens with one attached hydrogen (secondary N) is 3. The van der Waals surface area contributed by atoms with Crippen LogP contribution >= 0.6 is 0 Å². The standard InChI is InChI=1S/C11H20N4O7/c12-10(21)6(4-17)15-11(22)7(5-18)14-9(20)3-13-8(19)1-2-16/h6-7,16-18H,1-5H2,(H2,12,21)(H,13,19)(H,14,20)(H,15,22)/t6-,7+/m0/s1. The highest BCUT2D eigenvalue weighted by atomic mass is 16.3. The van der Waals surface area contributed by atoms with Gasteiger partial charge in [-0.3, -0.25) is 19.2 Å². The van der Waals surface area contributed by atoms with Crippen LogP contribution in [0.2, 0.25) is 0 Å². The molecule has 0 aromatic rings. The molecule has 0 spiro atoms. The zero-order valence-electron chi connectivity index (χ0n) is 11.7. The summed E-state index contributed by atoms with van der Waals surface area (Å²) in [6.45, 7) is -2.32. The lowest BCUT2D eigenvalue weighted by Crippen LogP contribution is -2.56. The normalized spacial score (nSPS) is 12.9. The molecule has 0 saturated heterocycles. The third kappa shape index (κ3) is 7.52. The van der Waals surface area contributed by atoms with Crippen LogP contribution in [-0.4, -0.2) is 77.4 Å². The van der Waals surface area contributed by atoms with Gasteiger partial charge in [-0.1, -0.05) is 0 Å². The van der Waals surface area contributed by atoms with Crippen LogP contribution in [0.4, 0.5) is 0 Å². The number of nitrogens with two attached hydrogens (primary N) is 1. The molecule has 11 nitrogen and oxygen atoms in total. The summed E-state index contributed by atoms with van der Waals surface area (Å²) in [5.74, 6) is -3.22. The van der Waals surface area contributed by atoms with Crippen LogP contribution < -0.4 is 21.7 Å². The predicted molar refractivity (Wildman–Crippen MR) is 71.9 cm³/mol. The Bertz CT molecular complexity index is 415. The van der Waals surface area contributed by atoms with Crippen LogP contribution in [0, 0.1) is 0 Å². The van der Waals surface area contributed by atoms with E-state index < -0.39 is 55.5 Å². The monoisotopic (exact) mass is 320 g/mol. The Morgan fingerprint density at radius 3 is 1.95 bits per heavy atom. The summed E-state index contributed by atoms with van der Waals surface area (Å²) in [6.07, 6.45) is -0.173. The van der Waals surface area contributed by atoms with E-state index in [1.165, 1.54) is 0 Å². The summed E-state index contributed by atoms with van der Waals surface area (Å²) >= 11 is 0. The Hall–Kier alpha value is -2.24. The van der Waals surface area contributed by atoms with Crippen LogP contribution in [-0.2, 0) is 19.2 Å². The second kappa shape index (κ2) is 10.5. The molecule has 4 amide bonds. The number of carbonyl (C=O) groups is 4. The molecule has 0 aromatic carbocycles. The van der Waals surface area contributed by atoms with Crippen molar-refractivity contribution in [3.63, 3.8) is 0 Å². The fourth-order valence-electron chi connectivity index (χ4n) is 1.29. The molecule has 0 bridgehead atoms. The maximum absolute atomic E-state index is 11.7. The van der Waals surface area contributed by atoms with Crippen molar-refractivity contribution in [3.05, 3.63) is 0 Å². The number of rotatable bonds is 10. The van der Waals surface area contributed by atoms with Crippen LogP contribution in [0.15, 0.2) is 0 Å². The zero-order chi connectivity index (χ0) is 17.1. The number of hydrogen-bond acceptors (Lipinski definition) is 7. The van der Waals surface area contributed by atoms with Gasteiger partial charge in [0.1, 0.15) is 12.1 Å². The highest BCUT2D eigenvalue weighted by molar-refractivity contribution is 5.92. The number of amides is 4. The molecule has 0 heterocycles. The minimum Gasteiger partial charge on any atom is -0.396 e. The fourth-order valence-corrected chi connectivity index (χ4v) is 1.29. The van der Waals surface area contributed by atoms with Gasteiger partial charge in [0.2, 0.25) is 23.6 Å². The van der Waals surface area contributed by atoms with Gasteiger partial charge >= 0.3 is 0 Å². The van der Waals surface area contributed by atoms with Crippen molar-refractivity contribution in [3.8, 4) is 0 Å². The van der Waals surface area contributed by atoms with E-state index in [-0.39, 0.29) is 13.0 Å². The quantitative estimate of drug-likeness (QED) is 0.209. The summed E-state index contributed by atoms with van der Waals surface area (Å²) in [6, 6.07) is -2.72. The predicted octanol–water partition coefficient (Wildman–Crippen LogP) is -5.08. The summed E-state index contributed by atoms with van der Waals surface area (Å²) < 4.78 is 0. The van der Waals surface area contributed by atoms with Crippen LogP contribution in [0.5, 0.6) is 0 Å². The Kier molecular flexibility index (Phi) is 9.41. The van der Waals surface area contributed by atoms with E-state index in [1.807, 2.05) is 5.32 Å². The maximum Gasteiger partial charge on any atom is 0.245 e. The first-order valence-corrected chi connectivity index (χ1v) is 6.34.